The van der Waals surface area contributed by atoms with Gasteiger partial charge in [-0.25, -0.2) is 4.99 Å². The number of aromatic hydroxyl groups is 1. The van der Waals surface area contributed by atoms with Crippen molar-refractivity contribution in [2.75, 3.05) is 6.54 Å². The van der Waals surface area contributed by atoms with E-state index < -0.39 is 0 Å². The number of benzene rings is 2. The molecule has 7 heteroatoms. The van der Waals surface area contributed by atoms with E-state index in [4.69, 9.17) is 23.2 Å². The lowest BCUT2D eigenvalue weighted by atomic mass is 10.2. The molecule has 0 aromatic heterocycles. The van der Waals surface area contributed by atoms with Crippen LogP contribution >= 0.6 is 35.0 Å². The van der Waals surface area contributed by atoms with E-state index in [2.05, 4.69) is 4.99 Å². The third-order valence-corrected chi connectivity index (χ3v) is 5.10. The Hall–Kier alpha value is -1.95. The molecule has 1 fully saturated rings. The molecular formula is C18H14Cl2N2O2S. The maximum atomic E-state index is 12.6. The van der Waals surface area contributed by atoms with Crippen LogP contribution < -0.4 is 0 Å². The molecule has 2 aromatic rings. The maximum absolute atomic E-state index is 12.6. The molecule has 0 aliphatic carbocycles. The Bertz CT molecular complexity index is 879. The summed E-state index contributed by atoms with van der Waals surface area (Å²) in [5.74, 6) is 0.0560. The van der Waals surface area contributed by atoms with Crippen LogP contribution in [-0.2, 0) is 4.79 Å². The van der Waals surface area contributed by atoms with E-state index in [1.165, 1.54) is 11.8 Å². The summed E-state index contributed by atoms with van der Waals surface area (Å²) in [6, 6.07) is 11.6. The molecule has 25 heavy (non-hydrogen) atoms. The van der Waals surface area contributed by atoms with Crippen molar-refractivity contribution in [3.8, 4) is 5.75 Å². The number of hydrogen-bond donors (Lipinski definition) is 1. The van der Waals surface area contributed by atoms with E-state index in [-0.39, 0.29) is 11.7 Å². The lowest BCUT2D eigenvalue weighted by Crippen LogP contribution is -2.28. The Balaban J connectivity index is 1.94. The first kappa shape index (κ1) is 17.9. The number of phenolic OH excluding ortho intramolecular Hbond substituents is 1. The minimum Gasteiger partial charge on any atom is -0.508 e. The fraction of sp³-hybridized carbons (Fsp3) is 0.111. The SMILES string of the molecule is CCN1C(=O)/C(=C/c2ccc(Cl)cc2Cl)SC1=Nc1ccc(O)cc1. The van der Waals surface area contributed by atoms with E-state index in [1.807, 2.05) is 6.92 Å². The number of amidine groups is 1. The minimum atomic E-state index is -0.115. The van der Waals surface area contributed by atoms with Crippen LogP contribution in [0.3, 0.4) is 0 Å². The predicted molar refractivity (Wildman–Crippen MR) is 105 cm³/mol. The van der Waals surface area contributed by atoms with Gasteiger partial charge in [0, 0.05) is 16.6 Å². The topological polar surface area (TPSA) is 52.9 Å². The fourth-order valence-electron chi connectivity index (χ4n) is 2.27. The normalized spacial score (nSPS) is 17.7. The molecule has 1 N–H and O–H groups in total. The number of carbonyl (C=O) groups is 1. The molecule has 1 heterocycles. The van der Waals surface area contributed by atoms with Gasteiger partial charge >= 0.3 is 0 Å². The van der Waals surface area contributed by atoms with Crippen molar-refractivity contribution >= 4 is 57.8 Å². The van der Waals surface area contributed by atoms with Gasteiger partial charge in [-0.1, -0.05) is 29.3 Å². The number of rotatable bonds is 3. The molecule has 0 bridgehead atoms. The Morgan fingerprint density at radius 2 is 1.92 bits per heavy atom. The van der Waals surface area contributed by atoms with Crippen LogP contribution in [0.5, 0.6) is 5.75 Å². The van der Waals surface area contributed by atoms with Gasteiger partial charge < -0.3 is 5.11 Å². The highest BCUT2D eigenvalue weighted by molar-refractivity contribution is 8.18. The summed E-state index contributed by atoms with van der Waals surface area (Å²) in [6.07, 6.45) is 1.74. The lowest BCUT2D eigenvalue weighted by Gasteiger charge is -2.11. The Kier molecular flexibility index (Phi) is 5.37. The van der Waals surface area contributed by atoms with Gasteiger partial charge in [-0.15, -0.1) is 0 Å². The molecule has 0 spiro atoms. The highest BCUT2D eigenvalue weighted by Crippen LogP contribution is 2.35. The number of likely N-dealkylation sites (N-methyl/N-ethyl adjacent to an activating group) is 1. The molecule has 0 atom stereocenters. The van der Waals surface area contributed by atoms with Crippen LogP contribution in [0.1, 0.15) is 12.5 Å². The van der Waals surface area contributed by atoms with E-state index in [0.717, 1.165) is 5.56 Å². The Morgan fingerprint density at radius 1 is 1.20 bits per heavy atom. The summed E-state index contributed by atoms with van der Waals surface area (Å²) in [6.45, 7) is 2.40. The zero-order chi connectivity index (χ0) is 18.0. The van der Waals surface area contributed by atoms with Crippen molar-refractivity contribution < 1.29 is 9.90 Å². The average molecular weight is 393 g/mol. The first-order chi connectivity index (χ1) is 12.0. The largest absolute Gasteiger partial charge is 0.508 e. The standard InChI is InChI=1S/C18H14Cl2N2O2S/c1-2-22-17(24)16(9-11-3-4-12(19)10-15(11)20)25-18(22)21-13-5-7-14(23)8-6-13/h3-10,23H,2H2,1H3/b16-9-,21-18?. The van der Waals surface area contributed by atoms with Crippen LogP contribution in [0.15, 0.2) is 52.4 Å². The van der Waals surface area contributed by atoms with Crippen LogP contribution in [0.25, 0.3) is 6.08 Å². The summed E-state index contributed by atoms with van der Waals surface area (Å²) in [7, 11) is 0. The van der Waals surface area contributed by atoms with Gasteiger partial charge in [-0.05, 0) is 66.7 Å². The van der Waals surface area contributed by atoms with Gasteiger partial charge in [0.05, 0.1) is 10.6 Å². The van der Waals surface area contributed by atoms with E-state index >= 15 is 0 Å². The monoisotopic (exact) mass is 392 g/mol. The summed E-state index contributed by atoms with van der Waals surface area (Å²) in [5.41, 5.74) is 1.39. The number of nitrogens with zero attached hydrogens (tertiary/aromatic N) is 2. The number of phenols is 1. The first-order valence-corrected chi connectivity index (χ1v) is 9.09. The van der Waals surface area contributed by atoms with Gasteiger partial charge in [-0.2, -0.15) is 0 Å². The van der Waals surface area contributed by atoms with Crippen LogP contribution in [0.2, 0.25) is 10.0 Å². The molecule has 1 saturated heterocycles. The molecule has 1 aliphatic rings. The van der Waals surface area contributed by atoms with Gasteiger partial charge in [0.15, 0.2) is 5.17 Å². The second-order valence-electron chi connectivity index (χ2n) is 5.24. The number of aliphatic imine (C=N–C) groups is 1. The summed E-state index contributed by atoms with van der Waals surface area (Å²) in [5, 5.41) is 11.0. The molecule has 3 rings (SSSR count). The van der Waals surface area contributed by atoms with Gasteiger partial charge in [0.25, 0.3) is 5.91 Å². The van der Waals surface area contributed by atoms with Crippen LogP contribution in [0, 0.1) is 0 Å². The van der Waals surface area contributed by atoms with Crippen molar-refractivity contribution in [1.82, 2.24) is 4.90 Å². The molecule has 4 nitrogen and oxygen atoms in total. The summed E-state index contributed by atoms with van der Waals surface area (Å²) >= 11 is 13.4. The molecule has 1 amide bonds. The second kappa shape index (κ2) is 7.52. The minimum absolute atomic E-state index is 0.115. The van der Waals surface area contributed by atoms with E-state index in [9.17, 15) is 9.90 Å². The highest BCUT2D eigenvalue weighted by atomic mass is 35.5. The van der Waals surface area contributed by atoms with Crippen molar-refractivity contribution in [3.05, 3.63) is 63.0 Å². The maximum Gasteiger partial charge on any atom is 0.266 e. The zero-order valence-corrected chi connectivity index (χ0v) is 15.6. The Morgan fingerprint density at radius 3 is 2.56 bits per heavy atom. The molecule has 1 aliphatic heterocycles. The van der Waals surface area contributed by atoms with Gasteiger partial charge in [0.1, 0.15) is 5.75 Å². The Labute approximate surface area is 159 Å². The van der Waals surface area contributed by atoms with Gasteiger partial charge in [-0.3, -0.25) is 9.69 Å². The predicted octanol–water partition coefficient (Wildman–Crippen LogP) is 5.32. The fourth-order valence-corrected chi connectivity index (χ4v) is 3.78. The number of thioether (sulfide) groups is 1. The van der Waals surface area contributed by atoms with E-state index in [1.54, 1.807) is 53.4 Å². The van der Waals surface area contributed by atoms with Crippen molar-refractivity contribution in [2.45, 2.75) is 6.92 Å². The molecular weight excluding hydrogens is 379 g/mol. The quantitative estimate of drug-likeness (QED) is 0.718. The van der Waals surface area contributed by atoms with Crippen molar-refractivity contribution in [1.29, 1.82) is 0 Å². The van der Waals surface area contributed by atoms with E-state index in [0.29, 0.717) is 32.4 Å². The zero-order valence-electron chi connectivity index (χ0n) is 13.2. The number of halogens is 2. The number of amides is 1. The third-order valence-electron chi connectivity index (χ3n) is 3.53. The number of carbonyl (C=O) groups excluding carboxylic acids is 1. The van der Waals surface area contributed by atoms with Crippen LogP contribution in [0.4, 0.5) is 5.69 Å². The molecule has 128 valence electrons. The number of hydrogen-bond acceptors (Lipinski definition) is 4. The molecule has 0 unspecified atom stereocenters. The third kappa shape index (κ3) is 4.00. The van der Waals surface area contributed by atoms with Crippen molar-refractivity contribution in [2.24, 2.45) is 4.99 Å². The first-order valence-electron chi connectivity index (χ1n) is 7.52. The lowest BCUT2D eigenvalue weighted by molar-refractivity contribution is -0.122. The smallest absolute Gasteiger partial charge is 0.266 e. The average Bonchev–Trinajstić information content (AvgIpc) is 2.87. The highest BCUT2D eigenvalue weighted by Gasteiger charge is 2.32. The summed E-state index contributed by atoms with van der Waals surface area (Å²) in [4.78, 5) is 19.3. The molecule has 0 saturated carbocycles. The molecule has 0 radical (unpaired) electrons. The molecule has 2 aromatic carbocycles. The second-order valence-corrected chi connectivity index (χ2v) is 7.09. The van der Waals surface area contributed by atoms with Crippen LogP contribution in [-0.4, -0.2) is 27.6 Å². The van der Waals surface area contributed by atoms with Gasteiger partial charge in [0.2, 0.25) is 0 Å². The summed E-state index contributed by atoms with van der Waals surface area (Å²) < 4.78 is 0. The van der Waals surface area contributed by atoms with Crippen molar-refractivity contribution in [3.63, 3.8) is 0 Å².